The molecule has 0 spiro atoms. The number of carbonyl (C=O) groups is 2. The van der Waals surface area contributed by atoms with Crippen molar-refractivity contribution in [3.8, 4) is 5.75 Å². The number of anilines is 1. The predicted octanol–water partition coefficient (Wildman–Crippen LogP) is 2.55. The van der Waals surface area contributed by atoms with Gasteiger partial charge in [-0.1, -0.05) is 30.3 Å². The Morgan fingerprint density at radius 1 is 1.13 bits per heavy atom. The Kier molecular flexibility index (Phi) is 4.02. The van der Waals surface area contributed by atoms with Gasteiger partial charge in [0.2, 0.25) is 11.8 Å². The van der Waals surface area contributed by atoms with Crippen LogP contribution in [0.15, 0.2) is 54.6 Å². The minimum absolute atomic E-state index is 0.0373. The molecule has 5 nitrogen and oxygen atoms in total. The number of amides is 2. The fourth-order valence-electron chi connectivity index (χ4n) is 2.99. The van der Waals surface area contributed by atoms with E-state index in [-0.39, 0.29) is 30.0 Å². The average Bonchev–Trinajstić information content (AvgIpc) is 2.86. The molecule has 0 aromatic heterocycles. The monoisotopic (exact) mass is 310 g/mol. The van der Waals surface area contributed by atoms with Gasteiger partial charge in [-0.05, 0) is 29.8 Å². The standard InChI is InChI=1S/C18H18N2O3/c1-20-16(22)11-15(17(20)12-5-3-2-4-6-12)18(23)19-13-7-9-14(21)10-8-13/h2-10,15,17,21H,11H2,1H3,(H,19,23)/t15-,17+/m1/s1. The fourth-order valence-corrected chi connectivity index (χ4v) is 2.99. The summed E-state index contributed by atoms with van der Waals surface area (Å²) in [6.45, 7) is 0. The van der Waals surface area contributed by atoms with Gasteiger partial charge in [-0.2, -0.15) is 0 Å². The molecule has 2 aromatic rings. The number of carbonyl (C=O) groups excluding carboxylic acids is 2. The van der Waals surface area contributed by atoms with Crippen LogP contribution in [0.1, 0.15) is 18.0 Å². The maximum Gasteiger partial charge on any atom is 0.230 e. The molecule has 23 heavy (non-hydrogen) atoms. The van der Waals surface area contributed by atoms with Gasteiger partial charge in [0.1, 0.15) is 5.75 Å². The third kappa shape index (κ3) is 3.04. The first-order chi connectivity index (χ1) is 11.1. The first kappa shape index (κ1) is 15.1. The quantitative estimate of drug-likeness (QED) is 0.856. The van der Waals surface area contributed by atoms with E-state index < -0.39 is 5.92 Å². The van der Waals surface area contributed by atoms with Gasteiger partial charge in [-0.15, -0.1) is 0 Å². The predicted molar refractivity (Wildman–Crippen MR) is 86.8 cm³/mol. The summed E-state index contributed by atoms with van der Waals surface area (Å²) < 4.78 is 0. The summed E-state index contributed by atoms with van der Waals surface area (Å²) in [6, 6.07) is 15.6. The van der Waals surface area contributed by atoms with Crippen molar-refractivity contribution in [3.63, 3.8) is 0 Å². The van der Waals surface area contributed by atoms with Crippen LogP contribution in [0.5, 0.6) is 5.75 Å². The van der Waals surface area contributed by atoms with Crippen molar-refractivity contribution >= 4 is 17.5 Å². The third-order valence-corrected chi connectivity index (χ3v) is 4.20. The Labute approximate surface area is 134 Å². The highest BCUT2D eigenvalue weighted by Crippen LogP contribution is 2.37. The minimum Gasteiger partial charge on any atom is -0.508 e. The summed E-state index contributed by atoms with van der Waals surface area (Å²) >= 11 is 0. The number of nitrogens with zero attached hydrogens (tertiary/aromatic N) is 1. The molecule has 1 aliphatic rings. The summed E-state index contributed by atoms with van der Waals surface area (Å²) in [4.78, 5) is 26.3. The molecule has 3 rings (SSSR count). The van der Waals surface area contributed by atoms with Crippen molar-refractivity contribution in [2.24, 2.45) is 5.92 Å². The zero-order chi connectivity index (χ0) is 16.4. The average molecular weight is 310 g/mol. The van der Waals surface area contributed by atoms with E-state index in [0.29, 0.717) is 5.69 Å². The van der Waals surface area contributed by atoms with Crippen LogP contribution in [-0.4, -0.2) is 28.9 Å². The Balaban J connectivity index is 1.83. The number of likely N-dealkylation sites (tertiary alicyclic amines) is 1. The van der Waals surface area contributed by atoms with Crippen molar-refractivity contribution in [2.75, 3.05) is 12.4 Å². The summed E-state index contributed by atoms with van der Waals surface area (Å²) in [5.41, 5.74) is 1.55. The highest BCUT2D eigenvalue weighted by molar-refractivity contribution is 5.97. The topological polar surface area (TPSA) is 69.6 Å². The maximum atomic E-state index is 12.6. The Morgan fingerprint density at radius 3 is 2.43 bits per heavy atom. The molecule has 2 N–H and O–H groups in total. The van der Waals surface area contributed by atoms with Crippen LogP contribution in [0.4, 0.5) is 5.69 Å². The van der Waals surface area contributed by atoms with Gasteiger partial charge in [-0.3, -0.25) is 9.59 Å². The number of phenolic OH excluding ortho intramolecular Hbond substituents is 1. The number of rotatable bonds is 3. The molecule has 1 aliphatic heterocycles. The molecule has 0 bridgehead atoms. The van der Waals surface area contributed by atoms with Gasteiger partial charge in [0, 0.05) is 19.2 Å². The van der Waals surface area contributed by atoms with Crippen LogP contribution in [-0.2, 0) is 9.59 Å². The number of nitrogens with one attached hydrogen (secondary N) is 1. The van der Waals surface area contributed by atoms with E-state index >= 15 is 0 Å². The lowest BCUT2D eigenvalue weighted by atomic mass is 9.93. The zero-order valence-corrected chi connectivity index (χ0v) is 12.8. The fraction of sp³-hybridized carbons (Fsp3) is 0.222. The summed E-state index contributed by atoms with van der Waals surface area (Å²) in [7, 11) is 1.73. The molecule has 2 atom stereocenters. The third-order valence-electron chi connectivity index (χ3n) is 4.20. The molecule has 0 aliphatic carbocycles. The molecule has 1 saturated heterocycles. The van der Waals surface area contributed by atoms with Gasteiger partial charge < -0.3 is 15.3 Å². The molecule has 2 amide bonds. The van der Waals surface area contributed by atoms with Crippen LogP contribution in [0.3, 0.4) is 0 Å². The smallest absolute Gasteiger partial charge is 0.230 e. The van der Waals surface area contributed by atoms with E-state index in [2.05, 4.69) is 5.32 Å². The van der Waals surface area contributed by atoms with Gasteiger partial charge in [0.25, 0.3) is 0 Å². The lowest BCUT2D eigenvalue weighted by molar-refractivity contribution is -0.127. The lowest BCUT2D eigenvalue weighted by Crippen LogP contribution is -2.29. The van der Waals surface area contributed by atoms with Gasteiger partial charge >= 0.3 is 0 Å². The highest BCUT2D eigenvalue weighted by Gasteiger charge is 2.42. The molecule has 1 fully saturated rings. The van der Waals surface area contributed by atoms with E-state index in [1.54, 1.807) is 24.1 Å². The zero-order valence-electron chi connectivity index (χ0n) is 12.8. The van der Waals surface area contributed by atoms with Crippen molar-refractivity contribution in [1.82, 2.24) is 4.90 Å². The molecule has 2 aromatic carbocycles. The molecule has 0 saturated carbocycles. The molecule has 0 unspecified atom stereocenters. The molecule has 1 heterocycles. The van der Waals surface area contributed by atoms with Crippen LogP contribution in [0.25, 0.3) is 0 Å². The van der Waals surface area contributed by atoms with Crippen LogP contribution >= 0.6 is 0 Å². The normalized spacial score (nSPS) is 20.6. The largest absolute Gasteiger partial charge is 0.508 e. The van der Waals surface area contributed by atoms with Crippen molar-refractivity contribution in [2.45, 2.75) is 12.5 Å². The van der Waals surface area contributed by atoms with Crippen molar-refractivity contribution < 1.29 is 14.7 Å². The van der Waals surface area contributed by atoms with E-state index in [1.807, 2.05) is 30.3 Å². The molecular formula is C18H18N2O3. The second kappa shape index (κ2) is 6.12. The molecular weight excluding hydrogens is 292 g/mol. The van der Waals surface area contributed by atoms with E-state index in [1.165, 1.54) is 12.1 Å². The van der Waals surface area contributed by atoms with E-state index in [4.69, 9.17) is 0 Å². The van der Waals surface area contributed by atoms with Crippen molar-refractivity contribution in [3.05, 3.63) is 60.2 Å². The molecule has 0 radical (unpaired) electrons. The van der Waals surface area contributed by atoms with Gasteiger partial charge in [-0.25, -0.2) is 0 Å². The summed E-state index contributed by atoms with van der Waals surface area (Å²) in [5.74, 6) is -0.531. The number of benzene rings is 2. The second-order valence-corrected chi connectivity index (χ2v) is 5.71. The summed E-state index contributed by atoms with van der Waals surface area (Å²) in [5, 5.41) is 12.1. The summed E-state index contributed by atoms with van der Waals surface area (Å²) in [6.07, 6.45) is 0.194. The number of phenols is 1. The Bertz CT molecular complexity index is 713. The SMILES string of the molecule is CN1C(=O)C[C@@H](C(=O)Nc2ccc(O)cc2)[C@@H]1c1ccccc1. The lowest BCUT2D eigenvalue weighted by Gasteiger charge is -2.24. The van der Waals surface area contributed by atoms with E-state index in [9.17, 15) is 14.7 Å². The Hall–Kier alpha value is -2.82. The van der Waals surface area contributed by atoms with Gasteiger partial charge in [0.15, 0.2) is 0 Å². The Morgan fingerprint density at radius 2 is 1.78 bits per heavy atom. The van der Waals surface area contributed by atoms with E-state index in [0.717, 1.165) is 5.56 Å². The highest BCUT2D eigenvalue weighted by atomic mass is 16.3. The number of hydrogen-bond donors (Lipinski definition) is 2. The second-order valence-electron chi connectivity index (χ2n) is 5.71. The first-order valence-electron chi connectivity index (χ1n) is 7.47. The number of aromatic hydroxyl groups is 1. The molecule has 5 heteroatoms. The van der Waals surface area contributed by atoms with Gasteiger partial charge in [0.05, 0.1) is 12.0 Å². The van der Waals surface area contributed by atoms with Crippen LogP contribution < -0.4 is 5.32 Å². The minimum atomic E-state index is -0.441. The number of hydrogen-bond acceptors (Lipinski definition) is 3. The first-order valence-corrected chi connectivity index (χ1v) is 7.47. The van der Waals surface area contributed by atoms with Crippen LogP contribution in [0.2, 0.25) is 0 Å². The molecule has 118 valence electrons. The van der Waals surface area contributed by atoms with Crippen molar-refractivity contribution in [1.29, 1.82) is 0 Å². The van der Waals surface area contributed by atoms with Crippen LogP contribution in [0, 0.1) is 5.92 Å². The maximum absolute atomic E-state index is 12.6.